The molecule has 7 rings (SSSR count). The number of nitrogens with one attached hydrogen (secondary N) is 1. The van der Waals surface area contributed by atoms with Crippen LogP contribution in [0.1, 0.15) is 107 Å². The quantitative estimate of drug-likeness (QED) is 0.345. The van der Waals surface area contributed by atoms with Crippen LogP contribution in [0, 0.1) is 56.7 Å². The Balaban J connectivity index is 1.17. The molecule has 7 fully saturated rings. The summed E-state index contributed by atoms with van der Waals surface area (Å²) in [4.78, 5) is 12.8. The molecule has 2 aliphatic heterocycles. The molecule has 8 nitrogen and oxygen atoms in total. The number of carbonyl (C=O) groups excluding carboxylic acids is 1. The molecule has 0 unspecified atom stereocenters. The molecule has 0 bridgehead atoms. The maximum atomic E-state index is 12.8. The predicted octanol–water partition coefficient (Wildman–Crippen LogP) is 5.72. The fraction of sp³-hybridized carbons (Fsp3) is 0.973. The van der Waals surface area contributed by atoms with Crippen molar-refractivity contribution in [2.45, 2.75) is 149 Å². The molecule has 1 amide bonds. The lowest BCUT2D eigenvalue weighted by Crippen LogP contribution is -2.60. The third kappa shape index (κ3) is 4.04. The molecule has 5 saturated carbocycles. The van der Waals surface area contributed by atoms with Crippen LogP contribution < -0.4 is 5.32 Å². The average Bonchev–Trinajstić information content (AvgIpc) is 3.41. The first-order valence-electron chi connectivity index (χ1n) is 18.2. The van der Waals surface area contributed by atoms with Crippen molar-refractivity contribution in [1.29, 1.82) is 0 Å². The highest BCUT2D eigenvalue weighted by atomic mass is 16.6. The molecule has 0 aromatic rings. The van der Waals surface area contributed by atoms with Crippen LogP contribution in [0.4, 0.5) is 4.79 Å². The summed E-state index contributed by atoms with van der Waals surface area (Å²) >= 11 is 0. The molecule has 8 heteroatoms. The van der Waals surface area contributed by atoms with Crippen LogP contribution in [0.25, 0.3) is 0 Å². The van der Waals surface area contributed by atoms with E-state index in [9.17, 15) is 15.0 Å². The third-order valence-corrected chi connectivity index (χ3v) is 16.0. The van der Waals surface area contributed by atoms with Gasteiger partial charge in [-0.1, -0.05) is 41.5 Å². The van der Waals surface area contributed by atoms with Crippen LogP contribution in [0.3, 0.4) is 0 Å². The Hall–Kier alpha value is -0.930. The number of alkyl carbamates (subject to hydrolysis) is 1. The number of carbonyl (C=O) groups is 1. The Labute approximate surface area is 271 Å². The van der Waals surface area contributed by atoms with Gasteiger partial charge in [0.1, 0.15) is 12.2 Å². The number of fused-ring (bicyclic) bond motifs is 4. The van der Waals surface area contributed by atoms with E-state index in [1.165, 1.54) is 6.42 Å². The zero-order chi connectivity index (χ0) is 32.5. The zero-order valence-corrected chi connectivity index (χ0v) is 29.4. The Bertz CT molecular complexity index is 1180. The first-order valence-corrected chi connectivity index (χ1v) is 18.2. The second-order valence-electron chi connectivity index (χ2n) is 18.2. The maximum Gasteiger partial charge on any atom is 0.407 e. The van der Waals surface area contributed by atoms with Gasteiger partial charge in [-0.05, 0) is 112 Å². The van der Waals surface area contributed by atoms with Gasteiger partial charge >= 0.3 is 6.09 Å². The monoisotopic (exact) mass is 631 g/mol. The van der Waals surface area contributed by atoms with E-state index in [0.717, 1.165) is 38.5 Å². The van der Waals surface area contributed by atoms with Gasteiger partial charge in [-0.15, -0.1) is 0 Å². The predicted molar refractivity (Wildman–Crippen MR) is 170 cm³/mol. The van der Waals surface area contributed by atoms with E-state index in [4.69, 9.17) is 18.9 Å². The number of aliphatic hydroxyl groups is 2. The van der Waals surface area contributed by atoms with Crippen molar-refractivity contribution in [1.82, 2.24) is 5.32 Å². The van der Waals surface area contributed by atoms with E-state index in [1.807, 2.05) is 20.8 Å². The van der Waals surface area contributed by atoms with Gasteiger partial charge in [0.2, 0.25) is 0 Å². The Morgan fingerprint density at radius 2 is 1.69 bits per heavy atom. The highest BCUT2D eigenvalue weighted by Gasteiger charge is 2.88. The molecule has 0 aromatic carbocycles. The normalized spacial score (nSPS) is 52.2. The molecular formula is C37H61NO7. The molecular weight excluding hydrogens is 570 g/mol. The van der Waals surface area contributed by atoms with Crippen LogP contribution in [0.5, 0.6) is 0 Å². The van der Waals surface area contributed by atoms with Crippen LogP contribution in [0.15, 0.2) is 0 Å². The molecule has 0 aromatic heterocycles. The van der Waals surface area contributed by atoms with Gasteiger partial charge in [0.05, 0.1) is 43.2 Å². The van der Waals surface area contributed by atoms with Gasteiger partial charge in [-0.2, -0.15) is 0 Å². The van der Waals surface area contributed by atoms with Crippen LogP contribution in [-0.4, -0.2) is 78.3 Å². The van der Waals surface area contributed by atoms with Crippen LogP contribution in [-0.2, 0) is 18.9 Å². The van der Waals surface area contributed by atoms with E-state index >= 15 is 0 Å². The van der Waals surface area contributed by atoms with E-state index in [2.05, 4.69) is 46.9 Å². The van der Waals surface area contributed by atoms with Crippen molar-refractivity contribution in [3.63, 3.8) is 0 Å². The Morgan fingerprint density at radius 3 is 2.31 bits per heavy atom. The SMILES string of the molecule is CCO[C@@H]([C@H]1C[C@@H](C)[C@H]2[C@H](O1)[C@H](O)[C@@]1(C)[C@@H]3CC[C@H]4C(C)(C)[C@@H](OC(=O)NC5COC5)CC[C@@]45[C@@H](C)[C@@]35CC[C@]21C)C(C)(C)O. The fourth-order valence-corrected chi connectivity index (χ4v) is 14.0. The van der Waals surface area contributed by atoms with E-state index < -0.39 is 17.8 Å². The minimum atomic E-state index is -1.03. The Kier molecular flexibility index (Phi) is 7.46. The molecule has 45 heavy (non-hydrogen) atoms. The molecule has 14 atom stereocenters. The first-order chi connectivity index (χ1) is 21.0. The van der Waals surface area contributed by atoms with Crippen molar-refractivity contribution in [2.24, 2.45) is 56.7 Å². The van der Waals surface area contributed by atoms with Crippen molar-refractivity contribution in [2.75, 3.05) is 19.8 Å². The number of aliphatic hydroxyl groups excluding tert-OH is 1. The summed E-state index contributed by atoms with van der Waals surface area (Å²) in [5.74, 6) is 2.14. The van der Waals surface area contributed by atoms with Gasteiger partial charge in [-0.25, -0.2) is 4.79 Å². The standard InChI is InChI=1S/C37H61NO7/c1-10-43-30(33(6,7)41)23-17-20(2)27-28(44-23)29(39)35(9)25-12-11-24-32(4,5)26(45-31(40)38-22-18-42-19-22)13-14-36(24)21(3)37(25,36)16-15-34(27,35)8/h20-30,39,41H,10-19H2,1-9H3,(H,38,40)/t20-,21-,23-,24+,25+,26+,27+,28+,29+,30+,34-,35-,36-,37+/m1/s1. The van der Waals surface area contributed by atoms with Crippen molar-refractivity contribution < 1.29 is 34.0 Å². The second-order valence-corrected chi connectivity index (χ2v) is 18.2. The molecule has 2 heterocycles. The molecule has 256 valence electrons. The van der Waals surface area contributed by atoms with E-state index in [-0.39, 0.29) is 63.4 Å². The van der Waals surface area contributed by atoms with Gasteiger partial charge in [0.25, 0.3) is 0 Å². The molecule has 3 N–H and O–H groups in total. The van der Waals surface area contributed by atoms with Crippen LogP contribution >= 0.6 is 0 Å². The smallest absolute Gasteiger partial charge is 0.407 e. The highest BCUT2D eigenvalue weighted by molar-refractivity contribution is 5.68. The summed E-state index contributed by atoms with van der Waals surface area (Å²) in [6.45, 7) is 21.7. The summed E-state index contributed by atoms with van der Waals surface area (Å²) in [5, 5.41) is 26.6. The van der Waals surface area contributed by atoms with Crippen molar-refractivity contribution in [3.8, 4) is 0 Å². The molecule has 2 saturated heterocycles. The summed E-state index contributed by atoms with van der Waals surface area (Å²) in [7, 11) is 0. The lowest BCUT2D eigenvalue weighted by Gasteiger charge is -2.63. The molecule has 2 spiro atoms. The largest absolute Gasteiger partial charge is 0.446 e. The first kappa shape index (κ1) is 32.6. The number of amides is 1. The number of hydrogen-bond donors (Lipinski definition) is 3. The number of hydrogen-bond acceptors (Lipinski definition) is 7. The molecule has 7 aliphatic rings. The van der Waals surface area contributed by atoms with Crippen LogP contribution in [0.2, 0.25) is 0 Å². The van der Waals surface area contributed by atoms with Gasteiger partial charge in [-0.3, -0.25) is 0 Å². The van der Waals surface area contributed by atoms with E-state index in [0.29, 0.717) is 43.5 Å². The van der Waals surface area contributed by atoms with Gasteiger partial charge < -0.3 is 34.5 Å². The topological polar surface area (TPSA) is 106 Å². The summed E-state index contributed by atoms with van der Waals surface area (Å²) in [6.07, 6.45) is 5.48. The zero-order valence-electron chi connectivity index (χ0n) is 29.4. The third-order valence-electron chi connectivity index (χ3n) is 16.0. The number of ether oxygens (including phenoxy) is 4. The highest BCUT2D eigenvalue weighted by Crippen LogP contribution is 2.91. The second kappa shape index (κ2) is 10.3. The minimum absolute atomic E-state index is 0.0251. The maximum absolute atomic E-state index is 12.8. The Morgan fingerprint density at radius 1 is 1.02 bits per heavy atom. The van der Waals surface area contributed by atoms with Crippen molar-refractivity contribution in [3.05, 3.63) is 0 Å². The molecule has 0 radical (unpaired) electrons. The summed E-state index contributed by atoms with van der Waals surface area (Å²) in [5.41, 5.74) is -1.000. The lowest BCUT2D eigenvalue weighted by atomic mass is 9.41. The molecule has 5 aliphatic carbocycles. The van der Waals surface area contributed by atoms with E-state index in [1.54, 1.807) is 0 Å². The van der Waals surface area contributed by atoms with Crippen molar-refractivity contribution >= 4 is 6.09 Å². The fourth-order valence-electron chi connectivity index (χ4n) is 14.0. The van der Waals surface area contributed by atoms with Gasteiger partial charge in [0, 0.05) is 17.4 Å². The average molecular weight is 632 g/mol. The number of rotatable bonds is 6. The van der Waals surface area contributed by atoms with Gasteiger partial charge in [0.15, 0.2) is 0 Å². The lowest BCUT2D eigenvalue weighted by molar-refractivity contribution is -0.215. The minimum Gasteiger partial charge on any atom is -0.446 e. The summed E-state index contributed by atoms with van der Waals surface area (Å²) < 4.78 is 24.5. The summed E-state index contributed by atoms with van der Waals surface area (Å²) in [6, 6.07) is 0.0682.